The van der Waals surface area contributed by atoms with Gasteiger partial charge in [-0.25, -0.2) is 4.98 Å². The van der Waals surface area contributed by atoms with E-state index in [0.717, 1.165) is 18.8 Å². The van der Waals surface area contributed by atoms with Crippen molar-refractivity contribution in [2.24, 2.45) is 17.8 Å². The number of H-pyrrole nitrogens is 1. The maximum Gasteiger partial charge on any atom is 0.295 e. The second-order valence-corrected chi connectivity index (χ2v) is 7.92. The van der Waals surface area contributed by atoms with Gasteiger partial charge in [0.1, 0.15) is 5.75 Å². The number of halogens is 2. The van der Waals surface area contributed by atoms with E-state index in [2.05, 4.69) is 23.8 Å². The van der Waals surface area contributed by atoms with E-state index in [4.69, 9.17) is 4.74 Å². The predicted molar refractivity (Wildman–Crippen MR) is 102 cm³/mol. The summed E-state index contributed by atoms with van der Waals surface area (Å²) in [6, 6.07) is 4.79. The Morgan fingerprint density at radius 1 is 1.26 bits per heavy atom. The summed E-state index contributed by atoms with van der Waals surface area (Å²) in [7, 11) is 1.50. The fourth-order valence-corrected chi connectivity index (χ4v) is 4.19. The van der Waals surface area contributed by atoms with Crippen molar-refractivity contribution in [1.82, 2.24) is 9.97 Å². The largest absolute Gasteiger partial charge is 0.497 e. The van der Waals surface area contributed by atoms with E-state index in [0.29, 0.717) is 35.0 Å². The van der Waals surface area contributed by atoms with Crippen molar-refractivity contribution in [3.05, 3.63) is 34.2 Å². The molecule has 1 N–H and O–H groups in total. The van der Waals surface area contributed by atoms with Crippen molar-refractivity contribution in [2.75, 3.05) is 7.11 Å². The van der Waals surface area contributed by atoms with E-state index in [1.54, 1.807) is 18.2 Å². The zero-order valence-electron chi connectivity index (χ0n) is 16.2. The molecule has 1 heterocycles. The lowest BCUT2D eigenvalue weighted by Crippen LogP contribution is -2.27. The molecular formula is C21H28F2N2O2. The Bertz CT molecular complexity index is 850. The molecule has 3 rings (SSSR count). The summed E-state index contributed by atoms with van der Waals surface area (Å²) < 4.78 is 34.3. The number of benzene rings is 1. The van der Waals surface area contributed by atoms with E-state index in [1.807, 2.05) is 0 Å². The fraction of sp³-hybridized carbons (Fsp3) is 0.619. The Labute approximate surface area is 158 Å². The topological polar surface area (TPSA) is 55.0 Å². The van der Waals surface area contributed by atoms with E-state index < -0.39 is 17.2 Å². The zero-order chi connectivity index (χ0) is 19.6. The van der Waals surface area contributed by atoms with Crippen LogP contribution in [0.25, 0.3) is 11.0 Å². The SMILES string of the molecule is COc1ccc2nc(C(F)(F)CCCCC3CCC(C)C3C)c(=O)[nH]c2c1. The highest BCUT2D eigenvalue weighted by molar-refractivity contribution is 5.75. The van der Waals surface area contributed by atoms with Crippen LogP contribution in [0, 0.1) is 17.8 Å². The molecule has 0 saturated heterocycles. The second kappa shape index (κ2) is 7.95. The summed E-state index contributed by atoms with van der Waals surface area (Å²) >= 11 is 0. The maximum absolute atomic E-state index is 14.6. The third-order valence-electron chi connectivity index (χ3n) is 6.20. The molecule has 1 fully saturated rings. The number of methoxy groups -OCH3 is 1. The summed E-state index contributed by atoms with van der Waals surface area (Å²) in [5.41, 5.74) is -0.802. The summed E-state index contributed by atoms with van der Waals surface area (Å²) in [6.07, 6.45) is 4.24. The minimum atomic E-state index is -3.23. The number of nitrogens with zero attached hydrogens (tertiary/aromatic N) is 1. The first-order valence-corrected chi connectivity index (χ1v) is 9.78. The number of aromatic nitrogens is 2. The Balaban J connectivity index is 1.65. The van der Waals surface area contributed by atoms with Gasteiger partial charge in [-0.05, 0) is 42.7 Å². The van der Waals surface area contributed by atoms with Crippen LogP contribution in [0.15, 0.2) is 23.0 Å². The number of nitrogens with one attached hydrogen (secondary N) is 1. The average Bonchev–Trinajstić information content (AvgIpc) is 2.96. The van der Waals surface area contributed by atoms with Crippen molar-refractivity contribution in [2.45, 2.75) is 58.3 Å². The van der Waals surface area contributed by atoms with E-state index in [1.165, 1.54) is 20.0 Å². The highest BCUT2D eigenvalue weighted by Gasteiger charge is 2.36. The Morgan fingerprint density at radius 3 is 2.70 bits per heavy atom. The number of aromatic amines is 1. The molecule has 0 bridgehead atoms. The number of hydrogen-bond acceptors (Lipinski definition) is 3. The van der Waals surface area contributed by atoms with Gasteiger partial charge in [-0.2, -0.15) is 8.78 Å². The molecule has 27 heavy (non-hydrogen) atoms. The summed E-state index contributed by atoms with van der Waals surface area (Å²) in [5, 5.41) is 0. The van der Waals surface area contributed by atoms with E-state index in [9.17, 15) is 13.6 Å². The molecular weight excluding hydrogens is 350 g/mol. The number of rotatable bonds is 7. The minimum Gasteiger partial charge on any atom is -0.497 e. The molecule has 0 amide bonds. The molecule has 3 atom stereocenters. The van der Waals surface area contributed by atoms with Crippen LogP contribution < -0.4 is 10.3 Å². The van der Waals surface area contributed by atoms with Crippen LogP contribution in [0.4, 0.5) is 8.78 Å². The zero-order valence-corrected chi connectivity index (χ0v) is 16.2. The lowest BCUT2D eigenvalue weighted by Gasteiger charge is -2.19. The van der Waals surface area contributed by atoms with Crippen molar-refractivity contribution in [3.8, 4) is 5.75 Å². The van der Waals surface area contributed by atoms with Gasteiger partial charge in [-0.3, -0.25) is 4.79 Å². The Hall–Kier alpha value is -1.98. The van der Waals surface area contributed by atoms with Crippen molar-refractivity contribution < 1.29 is 13.5 Å². The highest BCUT2D eigenvalue weighted by atomic mass is 19.3. The number of fused-ring (bicyclic) bond motifs is 1. The summed E-state index contributed by atoms with van der Waals surface area (Å²) in [4.78, 5) is 18.6. The predicted octanol–water partition coefficient (Wildman–Crippen LogP) is 5.27. The third kappa shape index (κ3) is 4.30. The molecule has 1 aliphatic carbocycles. The van der Waals surface area contributed by atoms with Crippen LogP contribution in [0.3, 0.4) is 0 Å². The molecule has 0 radical (unpaired) electrons. The van der Waals surface area contributed by atoms with Gasteiger partial charge in [0.15, 0.2) is 5.69 Å². The van der Waals surface area contributed by atoms with Crippen molar-refractivity contribution in [1.29, 1.82) is 0 Å². The van der Waals surface area contributed by atoms with Crippen LogP contribution in [-0.2, 0) is 5.92 Å². The van der Waals surface area contributed by atoms with Crippen molar-refractivity contribution in [3.63, 3.8) is 0 Å². The van der Waals surface area contributed by atoms with E-state index >= 15 is 0 Å². The number of ether oxygens (including phenoxy) is 1. The first-order valence-electron chi connectivity index (χ1n) is 9.78. The first kappa shape index (κ1) is 19.8. The van der Waals surface area contributed by atoms with Crippen LogP contribution in [0.5, 0.6) is 5.75 Å². The van der Waals surface area contributed by atoms with Gasteiger partial charge in [0.25, 0.3) is 11.5 Å². The fourth-order valence-electron chi connectivity index (χ4n) is 4.19. The van der Waals surface area contributed by atoms with Gasteiger partial charge in [-0.1, -0.05) is 33.1 Å². The molecule has 0 spiro atoms. The summed E-state index contributed by atoms with van der Waals surface area (Å²) in [6.45, 7) is 4.54. The third-order valence-corrected chi connectivity index (χ3v) is 6.20. The molecule has 148 valence electrons. The van der Waals surface area contributed by atoms with Gasteiger partial charge >= 0.3 is 0 Å². The van der Waals surface area contributed by atoms with Gasteiger partial charge in [0.2, 0.25) is 0 Å². The minimum absolute atomic E-state index is 0.332. The molecule has 6 heteroatoms. The molecule has 0 aliphatic heterocycles. The van der Waals surface area contributed by atoms with Crippen molar-refractivity contribution >= 4 is 11.0 Å². The van der Waals surface area contributed by atoms with Crippen LogP contribution >= 0.6 is 0 Å². The molecule has 4 nitrogen and oxygen atoms in total. The van der Waals surface area contributed by atoms with Crippen LogP contribution in [0.1, 0.15) is 58.1 Å². The monoisotopic (exact) mass is 378 g/mol. The molecule has 1 aromatic carbocycles. The standard InChI is InChI=1S/C21H28F2N2O2/c1-13-7-8-15(14(13)2)6-4-5-11-21(22,23)19-20(26)25-18-12-16(27-3)9-10-17(18)24-19/h9-10,12-15H,4-8,11H2,1-3H3,(H,25,26). The van der Waals surface area contributed by atoms with Gasteiger partial charge < -0.3 is 9.72 Å². The molecule has 3 unspecified atom stereocenters. The smallest absolute Gasteiger partial charge is 0.295 e. The first-order chi connectivity index (χ1) is 12.8. The average molecular weight is 378 g/mol. The van der Waals surface area contributed by atoms with Crippen LogP contribution in [0.2, 0.25) is 0 Å². The maximum atomic E-state index is 14.6. The van der Waals surface area contributed by atoms with Gasteiger partial charge in [-0.15, -0.1) is 0 Å². The van der Waals surface area contributed by atoms with E-state index in [-0.39, 0.29) is 6.42 Å². The lowest BCUT2D eigenvalue weighted by atomic mass is 9.88. The summed E-state index contributed by atoms with van der Waals surface area (Å²) in [5.74, 6) is -0.639. The van der Waals surface area contributed by atoms with Gasteiger partial charge in [0.05, 0.1) is 18.1 Å². The number of alkyl halides is 2. The molecule has 2 aromatic rings. The lowest BCUT2D eigenvalue weighted by molar-refractivity contribution is -0.0216. The van der Waals surface area contributed by atoms with Gasteiger partial charge in [0, 0.05) is 12.5 Å². The van der Waals surface area contributed by atoms with Crippen LogP contribution in [-0.4, -0.2) is 17.1 Å². The number of unbranched alkanes of at least 4 members (excludes halogenated alkanes) is 1. The second-order valence-electron chi connectivity index (χ2n) is 7.92. The normalized spacial score (nSPS) is 23.1. The quantitative estimate of drug-likeness (QED) is 0.668. The Morgan fingerprint density at radius 2 is 2.04 bits per heavy atom. The molecule has 1 aliphatic rings. The molecule has 1 saturated carbocycles. The Kier molecular flexibility index (Phi) is 5.82. The number of hydrogen-bond donors (Lipinski definition) is 1. The highest BCUT2D eigenvalue weighted by Crippen LogP contribution is 2.40. The molecule has 1 aromatic heterocycles.